The number of benzene rings is 4. The molecule has 0 saturated heterocycles. The van der Waals surface area contributed by atoms with Gasteiger partial charge in [0.05, 0.1) is 0 Å². The van der Waals surface area contributed by atoms with Crippen LogP contribution in [0.1, 0.15) is 0 Å². The SMILES string of the molecule is Clc1nc(-c2ccc3c(c2)oc2ccccc23)nc(-c2ccccc2-c2ccccc2)n1. The van der Waals surface area contributed by atoms with Crippen LogP contribution in [0, 0.1) is 0 Å². The first kappa shape index (κ1) is 18.7. The predicted octanol–water partition coefficient (Wildman–Crippen LogP) is 7.43. The van der Waals surface area contributed by atoms with E-state index in [1.807, 2.05) is 72.8 Å². The van der Waals surface area contributed by atoms with Gasteiger partial charge in [0.25, 0.3) is 0 Å². The lowest BCUT2D eigenvalue weighted by Gasteiger charge is -2.10. The van der Waals surface area contributed by atoms with Crippen LogP contribution in [0.5, 0.6) is 0 Å². The Kier molecular flexibility index (Phi) is 4.44. The van der Waals surface area contributed by atoms with Gasteiger partial charge >= 0.3 is 0 Å². The Morgan fingerprint density at radius 3 is 2.09 bits per heavy atom. The van der Waals surface area contributed by atoms with E-state index in [0.717, 1.165) is 44.2 Å². The van der Waals surface area contributed by atoms with E-state index >= 15 is 0 Å². The molecule has 4 nitrogen and oxygen atoms in total. The molecule has 0 aliphatic rings. The van der Waals surface area contributed by atoms with E-state index in [0.29, 0.717) is 11.6 Å². The first-order valence-corrected chi connectivity index (χ1v) is 10.6. The zero-order chi connectivity index (χ0) is 21.5. The molecule has 0 amide bonds. The maximum atomic E-state index is 6.34. The molecule has 2 heterocycles. The lowest BCUT2D eigenvalue weighted by atomic mass is 9.99. The second-order valence-corrected chi connectivity index (χ2v) is 7.81. The fraction of sp³-hybridized carbons (Fsp3) is 0. The molecular formula is C27H16ClN3O. The Hall–Kier alpha value is -4.02. The summed E-state index contributed by atoms with van der Waals surface area (Å²) in [6, 6.07) is 32.2. The second kappa shape index (κ2) is 7.59. The molecular weight excluding hydrogens is 418 g/mol. The van der Waals surface area contributed by atoms with Crippen molar-refractivity contribution in [2.45, 2.75) is 0 Å². The van der Waals surface area contributed by atoms with E-state index in [4.69, 9.17) is 21.0 Å². The highest BCUT2D eigenvalue weighted by atomic mass is 35.5. The number of rotatable bonds is 3. The van der Waals surface area contributed by atoms with E-state index in [9.17, 15) is 0 Å². The van der Waals surface area contributed by atoms with Crippen molar-refractivity contribution in [3.05, 3.63) is 102 Å². The van der Waals surface area contributed by atoms with Gasteiger partial charge in [-0.05, 0) is 40.9 Å². The number of aromatic nitrogens is 3. The Balaban J connectivity index is 1.50. The molecule has 0 radical (unpaired) electrons. The lowest BCUT2D eigenvalue weighted by molar-refractivity contribution is 0.669. The fourth-order valence-electron chi connectivity index (χ4n) is 4.01. The minimum atomic E-state index is 0.151. The number of para-hydroxylation sites is 1. The van der Waals surface area contributed by atoms with Crippen LogP contribution in [0.3, 0.4) is 0 Å². The van der Waals surface area contributed by atoms with Gasteiger partial charge in [0.2, 0.25) is 5.28 Å². The third kappa shape index (κ3) is 3.22. The normalized spacial score (nSPS) is 11.3. The van der Waals surface area contributed by atoms with Crippen molar-refractivity contribution in [2.75, 3.05) is 0 Å². The van der Waals surface area contributed by atoms with Crippen LogP contribution < -0.4 is 0 Å². The summed E-state index contributed by atoms with van der Waals surface area (Å²) < 4.78 is 6.03. The summed E-state index contributed by atoms with van der Waals surface area (Å²) in [6.07, 6.45) is 0. The smallest absolute Gasteiger partial charge is 0.226 e. The highest BCUT2D eigenvalue weighted by Gasteiger charge is 2.15. The van der Waals surface area contributed by atoms with E-state index in [1.165, 1.54) is 0 Å². The van der Waals surface area contributed by atoms with Crippen molar-refractivity contribution < 1.29 is 4.42 Å². The summed E-state index contributed by atoms with van der Waals surface area (Å²) in [5.74, 6) is 1.04. The molecule has 6 rings (SSSR count). The highest BCUT2D eigenvalue weighted by Crippen LogP contribution is 2.33. The molecule has 4 aromatic carbocycles. The molecule has 152 valence electrons. The molecule has 0 atom stereocenters. The molecule has 32 heavy (non-hydrogen) atoms. The largest absolute Gasteiger partial charge is 0.456 e. The maximum absolute atomic E-state index is 6.34. The quantitative estimate of drug-likeness (QED) is 0.291. The number of fused-ring (bicyclic) bond motifs is 3. The van der Waals surface area contributed by atoms with Gasteiger partial charge in [0.15, 0.2) is 11.6 Å². The van der Waals surface area contributed by atoms with Crippen molar-refractivity contribution in [2.24, 2.45) is 0 Å². The van der Waals surface area contributed by atoms with E-state index in [2.05, 4.69) is 34.2 Å². The van der Waals surface area contributed by atoms with Gasteiger partial charge in [-0.1, -0.05) is 78.9 Å². The predicted molar refractivity (Wildman–Crippen MR) is 128 cm³/mol. The Morgan fingerprint density at radius 2 is 1.22 bits per heavy atom. The molecule has 0 unspecified atom stereocenters. The molecule has 0 saturated carbocycles. The number of hydrogen-bond donors (Lipinski definition) is 0. The molecule has 0 bridgehead atoms. The average molecular weight is 434 g/mol. The second-order valence-electron chi connectivity index (χ2n) is 7.47. The number of hydrogen-bond acceptors (Lipinski definition) is 4. The van der Waals surface area contributed by atoms with Gasteiger partial charge in [0, 0.05) is 21.9 Å². The summed E-state index contributed by atoms with van der Waals surface area (Å²) in [6.45, 7) is 0. The summed E-state index contributed by atoms with van der Waals surface area (Å²) in [4.78, 5) is 13.6. The minimum Gasteiger partial charge on any atom is -0.456 e. The molecule has 0 aliphatic heterocycles. The molecule has 0 aliphatic carbocycles. The van der Waals surface area contributed by atoms with Crippen molar-refractivity contribution in [3.8, 4) is 33.9 Å². The molecule has 0 spiro atoms. The van der Waals surface area contributed by atoms with Crippen molar-refractivity contribution in [1.29, 1.82) is 0 Å². The van der Waals surface area contributed by atoms with E-state index < -0.39 is 0 Å². The summed E-state index contributed by atoms with van der Waals surface area (Å²) in [5.41, 5.74) is 5.48. The molecule has 6 aromatic rings. The standard InChI is InChI=1S/C27H16ClN3O/c28-27-30-25(18-14-15-21-20-11-6-7-13-23(20)32-24(21)16-18)29-26(31-27)22-12-5-4-10-19(22)17-8-2-1-3-9-17/h1-16H. The maximum Gasteiger partial charge on any atom is 0.226 e. The Labute approximate surface area is 189 Å². The van der Waals surface area contributed by atoms with Crippen LogP contribution in [0.2, 0.25) is 5.28 Å². The third-order valence-corrected chi connectivity index (χ3v) is 5.67. The summed E-state index contributed by atoms with van der Waals surface area (Å²) >= 11 is 6.34. The highest BCUT2D eigenvalue weighted by molar-refractivity contribution is 6.28. The lowest BCUT2D eigenvalue weighted by Crippen LogP contribution is -1.98. The molecule has 0 fully saturated rings. The fourth-order valence-corrected chi connectivity index (χ4v) is 4.17. The molecule has 0 N–H and O–H groups in total. The topological polar surface area (TPSA) is 51.8 Å². The minimum absolute atomic E-state index is 0.151. The van der Waals surface area contributed by atoms with Crippen molar-refractivity contribution in [1.82, 2.24) is 15.0 Å². The number of furan rings is 1. The molecule has 5 heteroatoms. The average Bonchev–Trinajstić information content (AvgIpc) is 3.22. The van der Waals surface area contributed by atoms with Crippen LogP contribution >= 0.6 is 11.6 Å². The van der Waals surface area contributed by atoms with Crippen molar-refractivity contribution in [3.63, 3.8) is 0 Å². The number of nitrogens with zero attached hydrogens (tertiary/aromatic N) is 3. The van der Waals surface area contributed by atoms with Crippen LogP contribution in [0.15, 0.2) is 101 Å². The molecule has 2 aromatic heterocycles. The van der Waals surface area contributed by atoms with Gasteiger partial charge in [-0.3, -0.25) is 0 Å². The number of halogens is 1. The Bertz CT molecular complexity index is 1590. The monoisotopic (exact) mass is 433 g/mol. The van der Waals surface area contributed by atoms with Gasteiger partial charge in [-0.15, -0.1) is 0 Å². The Morgan fingerprint density at radius 1 is 0.531 bits per heavy atom. The van der Waals surface area contributed by atoms with Crippen molar-refractivity contribution >= 4 is 33.5 Å². The van der Waals surface area contributed by atoms with Gasteiger partial charge < -0.3 is 4.42 Å². The van der Waals surface area contributed by atoms with E-state index in [-0.39, 0.29) is 5.28 Å². The van der Waals surface area contributed by atoms with Gasteiger partial charge in [0.1, 0.15) is 11.2 Å². The van der Waals surface area contributed by atoms with Gasteiger partial charge in [-0.2, -0.15) is 9.97 Å². The van der Waals surface area contributed by atoms with E-state index in [1.54, 1.807) is 0 Å². The van der Waals surface area contributed by atoms with Crippen LogP contribution in [-0.2, 0) is 0 Å². The van der Waals surface area contributed by atoms with Crippen LogP contribution in [-0.4, -0.2) is 15.0 Å². The first-order chi connectivity index (χ1) is 15.8. The zero-order valence-electron chi connectivity index (χ0n) is 16.9. The van der Waals surface area contributed by atoms with Crippen LogP contribution in [0.4, 0.5) is 0 Å². The summed E-state index contributed by atoms with van der Waals surface area (Å²) in [7, 11) is 0. The first-order valence-electron chi connectivity index (χ1n) is 10.2. The summed E-state index contributed by atoms with van der Waals surface area (Å²) in [5, 5.41) is 2.29. The zero-order valence-corrected chi connectivity index (χ0v) is 17.6. The van der Waals surface area contributed by atoms with Gasteiger partial charge in [-0.25, -0.2) is 4.98 Å². The van der Waals surface area contributed by atoms with Crippen LogP contribution in [0.25, 0.3) is 55.8 Å². The third-order valence-electron chi connectivity index (χ3n) is 5.50.